The summed E-state index contributed by atoms with van der Waals surface area (Å²) in [6.45, 7) is 0. The standard InChI is InChI=1S/C10H11O5P/c11-10(12)9-7-4-2-1-3-6(7)5-8(9)16(13,14)15/h1-4,8-9H,5H2,(H,11,12)(H2,13,14,15)/t8-,9-/m1/s1. The minimum Gasteiger partial charge on any atom is -0.481 e. The highest BCUT2D eigenvalue weighted by Crippen LogP contribution is 2.53. The number of aliphatic carboxylic acids is 1. The zero-order valence-corrected chi connectivity index (χ0v) is 9.17. The van der Waals surface area contributed by atoms with Gasteiger partial charge in [0.05, 0.1) is 11.6 Å². The monoisotopic (exact) mass is 242 g/mol. The van der Waals surface area contributed by atoms with E-state index in [0.29, 0.717) is 11.1 Å². The molecule has 1 aliphatic carbocycles. The van der Waals surface area contributed by atoms with Crippen LogP contribution in [0.3, 0.4) is 0 Å². The lowest BCUT2D eigenvalue weighted by Crippen LogP contribution is -2.22. The molecule has 3 N–H and O–H groups in total. The first-order valence-electron chi connectivity index (χ1n) is 4.77. The van der Waals surface area contributed by atoms with E-state index in [1.165, 1.54) is 0 Å². The Bertz CT molecular complexity index is 478. The van der Waals surface area contributed by atoms with E-state index in [4.69, 9.17) is 14.9 Å². The van der Waals surface area contributed by atoms with Crippen molar-refractivity contribution in [1.82, 2.24) is 0 Å². The molecule has 2 rings (SSSR count). The summed E-state index contributed by atoms with van der Waals surface area (Å²) in [6, 6.07) is 6.74. The molecule has 1 aromatic rings. The average Bonchev–Trinajstić information content (AvgIpc) is 2.55. The Hall–Kier alpha value is -1.16. The van der Waals surface area contributed by atoms with Gasteiger partial charge in [-0.3, -0.25) is 9.36 Å². The van der Waals surface area contributed by atoms with Crippen LogP contribution < -0.4 is 0 Å². The maximum atomic E-state index is 11.2. The fourth-order valence-electron chi connectivity index (χ4n) is 2.18. The van der Waals surface area contributed by atoms with E-state index in [2.05, 4.69) is 0 Å². The molecule has 0 unspecified atom stereocenters. The molecule has 0 amide bonds. The van der Waals surface area contributed by atoms with Gasteiger partial charge in [-0.15, -0.1) is 0 Å². The summed E-state index contributed by atoms with van der Waals surface area (Å²) in [5, 5.41) is 9.05. The van der Waals surface area contributed by atoms with Gasteiger partial charge in [-0.25, -0.2) is 0 Å². The number of hydrogen-bond acceptors (Lipinski definition) is 2. The van der Waals surface area contributed by atoms with Crippen molar-refractivity contribution in [3.63, 3.8) is 0 Å². The van der Waals surface area contributed by atoms with E-state index in [-0.39, 0.29) is 6.42 Å². The molecule has 1 aromatic carbocycles. The summed E-state index contributed by atoms with van der Waals surface area (Å²) in [7, 11) is -4.39. The Kier molecular flexibility index (Phi) is 2.62. The summed E-state index contributed by atoms with van der Waals surface area (Å²) in [5.74, 6) is -2.28. The normalized spacial score (nSPS) is 24.1. The van der Waals surface area contributed by atoms with Crippen LogP contribution in [-0.2, 0) is 15.8 Å². The lowest BCUT2D eigenvalue weighted by Gasteiger charge is -2.17. The van der Waals surface area contributed by atoms with Gasteiger partial charge in [-0.2, -0.15) is 0 Å². The fourth-order valence-corrected chi connectivity index (χ4v) is 3.30. The van der Waals surface area contributed by atoms with Gasteiger partial charge in [0.1, 0.15) is 0 Å². The molecule has 0 aliphatic heterocycles. The summed E-state index contributed by atoms with van der Waals surface area (Å²) >= 11 is 0. The van der Waals surface area contributed by atoms with Crippen molar-refractivity contribution in [2.45, 2.75) is 18.0 Å². The van der Waals surface area contributed by atoms with E-state index in [0.717, 1.165) is 0 Å². The van der Waals surface area contributed by atoms with Crippen molar-refractivity contribution < 1.29 is 24.3 Å². The van der Waals surface area contributed by atoms with E-state index in [1.807, 2.05) is 0 Å². The van der Waals surface area contributed by atoms with Crippen molar-refractivity contribution >= 4 is 13.6 Å². The molecule has 0 fully saturated rings. The summed E-state index contributed by atoms with van der Waals surface area (Å²) < 4.78 is 11.2. The summed E-state index contributed by atoms with van der Waals surface area (Å²) in [4.78, 5) is 29.4. The molecule has 16 heavy (non-hydrogen) atoms. The van der Waals surface area contributed by atoms with Crippen molar-refractivity contribution in [2.24, 2.45) is 0 Å². The number of fused-ring (bicyclic) bond motifs is 1. The predicted octanol–water partition coefficient (Wildman–Crippen LogP) is 0.957. The number of carboxylic acid groups (broad SMARTS) is 1. The maximum Gasteiger partial charge on any atom is 0.330 e. The molecule has 0 saturated carbocycles. The zero-order chi connectivity index (χ0) is 11.9. The first-order valence-corrected chi connectivity index (χ1v) is 6.45. The third-order valence-electron chi connectivity index (χ3n) is 2.90. The van der Waals surface area contributed by atoms with Crippen molar-refractivity contribution in [1.29, 1.82) is 0 Å². The molecule has 1 aliphatic rings. The Balaban J connectivity index is 2.50. The van der Waals surface area contributed by atoms with Crippen LogP contribution in [0.5, 0.6) is 0 Å². The third kappa shape index (κ3) is 1.78. The highest BCUT2D eigenvalue weighted by Gasteiger charge is 2.46. The van der Waals surface area contributed by atoms with E-state index >= 15 is 0 Å². The van der Waals surface area contributed by atoms with Crippen LogP contribution in [0.1, 0.15) is 17.0 Å². The topological polar surface area (TPSA) is 94.8 Å². The second-order valence-electron chi connectivity index (χ2n) is 3.88. The lowest BCUT2D eigenvalue weighted by molar-refractivity contribution is -0.138. The molecular formula is C10H11O5P. The molecule has 0 radical (unpaired) electrons. The molecule has 6 heteroatoms. The van der Waals surface area contributed by atoms with Crippen LogP contribution in [0, 0.1) is 0 Å². The fraction of sp³-hybridized carbons (Fsp3) is 0.300. The molecule has 5 nitrogen and oxygen atoms in total. The molecular weight excluding hydrogens is 231 g/mol. The first kappa shape index (κ1) is 11.3. The highest BCUT2D eigenvalue weighted by molar-refractivity contribution is 7.52. The highest BCUT2D eigenvalue weighted by atomic mass is 31.2. The molecule has 2 atom stereocenters. The van der Waals surface area contributed by atoms with Crippen molar-refractivity contribution in [3.8, 4) is 0 Å². The predicted molar refractivity (Wildman–Crippen MR) is 56.4 cm³/mol. The Labute approximate surface area is 91.9 Å². The minimum absolute atomic E-state index is 0.122. The molecule has 86 valence electrons. The molecule has 0 spiro atoms. The van der Waals surface area contributed by atoms with Crippen LogP contribution in [0.25, 0.3) is 0 Å². The number of carbonyl (C=O) groups is 1. The quantitative estimate of drug-likeness (QED) is 0.671. The van der Waals surface area contributed by atoms with Crippen LogP contribution in [0.2, 0.25) is 0 Å². The third-order valence-corrected chi connectivity index (χ3v) is 4.25. The summed E-state index contributed by atoms with van der Waals surface area (Å²) in [6.07, 6.45) is 0.122. The van der Waals surface area contributed by atoms with Gasteiger partial charge < -0.3 is 14.9 Å². The van der Waals surface area contributed by atoms with Gasteiger partial charge in [0.15, 0.2) is 0 Å². The van der Waals surface area contributed by atoms with Gasteiger partial charge in [0, 0.05) is 0 Å². The van der Waals surface area contributed by atoms with Crippen LogP contribution >= 0.6 is 7.60 Å². The van der Waals surface area contributed by atoms with Crippen LogP contribution in [0.4, 0.5) is 0 Å². The second-order valence-corrected chi connectivity index (χ2v) is 5.72. The molecule has 0 heterocycles. The van der Waals surface area contributed by atoms with Gasteiger partial charge in [0.2, 0.25) is 0 Å². The second kappa shape index (κ2) is 3.70. The smallest absolute Gasteiger partial charge is 0.330 e. The SMILES string of the molecule is O=C(O)[C@@H]1c2ccccc2C[C@H]1P(=O)(O)O. The minimum atomic E-state index is -4.39. The largest absolute Gasteiger partial charge is 0.481 e. The van der Waals surface area contributed by atoms with E-state index in [9.17, 15) is 9.36 Å². The number of carboxylic acids is 1. The van der Waals surface area contributed by atoms with E-state index < -0.39 is 25.1 Å². The van der Waals surface area contributed by atoms with Crippen molar-refractivity contribution in [2.75, 3.05) is 0 Å². The van der Waals surface area contributed by atoms with E-state index in [1.54, 1.807) is 24.3 Å². The number of rotatable bonds is 2. The lowest BCUT2D eigenvalue weighted by atomic mass is 10.0. The van der Waals surface area contributed by atoms with Crippen LogP contribution in [0.15, 0.2) is 24.3 Å². The maximum absolute atomic E-state index is 11.2. The van der Waals surface area contributed by atoms with Gasteiger partial charge in [-0.05, 0) is 17.5 Å². The molecule has 0 aromatic heterocycles. The first-order chi connectivity index (χ1) is 7.41. The van der Waals surface area contributed by atoms with Crippen LogP contribution in [-0.4, -0.2) is 26.5 Å². The Morgan fingerprint density at radius 2 is 1.94 bits per heavy atom. The molecule has 0 saturated heterocycles. The Morgan fingerprint density at radius 3 is 2.50 bits per heavy atom. The van der Waals surface area contributed by atoms with Gasteiger partial charge >= 0.3 is 13.6 Å². The number of benzene rings is 1. The average molecular weight is 242 g/mol. The van der Waals surface area contributed by atoms with Crippen molar-refractivity contribution in [3.05, 3.63) is 35.4 Å². The van der Waals surface area contributed by atoms with Gasteiger partial charge in [0.25, 0.3) is 0 Å². The molecule has 0 bridgehead atoms. The summed E-state index contributed by atoms with van der Waals surface area (Å²) in [5.41, 5.74) is 0.0916. The van der Waals surface area contributed by atoms with Gasteiger partial charge in [-0.1, -0.05) is 24.3 Å². The number of hydrogen-bond donors (Lipinski definition) is 3. The Morgan fingerprint density at radius 1 is 1.31 bits per heavy atom. The zero-order valence-electron chi connectivity index (χ0n) is 8.28.